The first-order valence-electron chi connectivity index (χ1n) is 5.01. The Kier molecular flexibility index (Phi) is 3.13. The van der Waals surface area contributed by atoms with Crippen LogP contribution in [0.1, 0.15) is 40.0 Å². The third kappa shape index (κ3) is 1.89. The molecule has 0 saturated heterocycles. The molecule has 4 nitrogen and oxygen atoms in total. The second-order valence-corrected chi connectivity index (χ2v) is 3.95. The number of hydrogen-bond acceptors (Lipinski definition) is 3. The lowest BCUT2D eigenvalue weighted by Gasteiger charge is -2.23. The van der Waals surface area contributed by atoms with Crippen LogP contribution in [-0.4, -0.2) is 28.6 Å². The third-order valence-electron chi connectivity index (χ3n) is 2.74. The van der Waals surface area contributed by atoms with Crippen molar-refractivity contribution in [2.24, 2.45) is 0 Å². The van der Waals surface area contributed by atoms with Crippen molar-refractivity contribution in [2.75, 3.05) is 0 Å². The summed E-state index contributed by atoms with van der Waals surface area (Å²) in [6.07, 6.45) is 3.34. The van der Waals surface area contributed by atoms with Crippen molar-refractivity contribution in [1.82, 2.24) is 0 Å². The van der Waals surface area contributed by atoms with Crippen LogP contribution in [0.25, 0.3) is 0 Å². The van der Waals surface area contributed by atoms with E-state index in [1.165, 1.54) is 6.21 Å². The van der Waals surface area contributed by atoms with E-state index in [0.717, 1.165) is 11.2 Å². The zero-order valence-electron chi connectivity index (χ0n) is 8.95. The number of carbonyl (C=O) groups excluding carboxylic acids is 1. The molecule has 80 valence electrons. The molecule has 0 saturated carbocycles. The highest BCUT2D eigenvalue weighted by Crippen LogP contribution is 2.23. The Morgan fingerprint density at radius 1 is 1.79 bits per heavy atom. The van der Waals surface area contributed by atoms with Crippen molar-refractivity contribution in [3.05, 3.63) is 5.21 Å². The number of carbonyl (C=O) groups is 1. The molecule has 0 fully saturated rings. The van der Waals surface area contributed by atoms with Crippen molar-refractivity contribution < 1.29 is 14.3 Å². The topological polar surface area (TPSA) is 52.4 Å². The van der Waals surface area contributed by atoms with Gasteiger partial charge in [0.05, 0.1) is 6.10 Å². The summed E-state index contributed by atoms with van der Waals surface area (Å²) in [5, 5.41) is 11.4. The van der Waals surface area contributed by atoms with Crippen molar-refractivity contribution in [3.63, 3.8) is 0 Å². The summed E-state index contributed by atoms with van der Waals surface area (Å²) in [5.74, 6) is -0.407. The predicted molar refractivity (Wildman–Crippen MR) is 53.2 cm³/mol. The third-order valence-corrected chi connectivity index (χ3v) is 2.74. The average Bonchev–Trinajstić information content (AvgIpc) is 2.48. The van der Waals surface area contributed by atoms with Crippen LogP contribution in [0, 0.1) is 5.21 Å². The van der Waals surface area contributed by atoms with Gasteiger partial charge in [-0.3, -0.25) is 0 Å². The molecule has 4 heteroatoms. The number of rotatable bonds is 3. The average molecular weight is 199 g/mol. The summed E-state index contributed by atoms with van der Waals surface area (Å²) in [5.41, 5.74) is -0.997. The maximum Gasteiger partial charge on any atom is 0.379 e. The largest absolute Gasteiger partial charge is 0.623 e. The Bertz CT molecular complexity index is 262. The maximum absolute atomic E-state index is 11.7. The van der Waals surface area contributed by atoms with Gasteiger partial charge >= 0.3 is 5.97 Å². The molecular formula is C10H17NO3. The van der Waals surface area contributed by atoms with Gasteiger partial charge in [0, 0.05) is 19.8 Å². The molecule has 14 heavy (non-hydrogen) atoms. The van der Waals surface area contributed by atoms with Crippen molar-refractivity contribution in [1.29, 1.82) is 0 Å². The van der Waals surface area contributed by atoms with Crippen LogP contribution in [0.3, 0.4) is 0 Å². The van der Waals surface area contributed by atoms with Crippen LogP contribution in [0.5, 0.6) is 0 Å². The highest BCUT2D eigenvalue weighted by Gasteiger charge is 2.46. The minimum atomic E-state index is -0.997. The number of hydroxylamine groups is 1. The van der Waals surface area contributed by atoms with Gasteiger partial charge in [-0.15, -0.1) is 0 Å². The summed E-state index contributed by atoms with van der Waals surface area (Å²) in [6, 6.07) is 0. The monoisotopic (exact) mass is 199 g/mol. The number of ether oxygens (including phenoxy) is 1. The minimum absolute atomic E-state index is 0.117. The normalized spacial score (nSPS) is 28.4. The second-order valence-electron chi connectivity index (χ2n) is 3.95. The molecule has 0 aromatic carbocycles. The van der Waals surface area contributed by atoms with Gasteiger partial charge in [-0.05, 0) is 13.3 Å². The molecule has 0 bridgehead atoms. The fourth-order valence-corrected chi connectivity index (χ4v) is 1.36. The SMILES string of the molecule is CCC(C)OC(=O)[C@@]1(C)CCC=[N+]1[O-]. The zero-order chi connectivity index (χ0) is 10.8. The van der Waals surface area contributed by atoms with E-state index in [1.807, 2.05) is 13.8 Å². The summed E-state index contributed by atoms with van der Waals surface area (Å²) in [7, 11) is 0. The van der Waals surface area contributed by atoms with E-state index in [-0.39, 0.29) is 6.10 Å². The summed E-state index contributed by atoms with van der Waals surface area (Å²) in [6.45, 7) is 5.40. The van der Waals surface area contributed by atoms with Crippen molar-refractivity contribution in [3.8, 4) is 0 Å². The number of nitrogens with zero attached hydrogens (tertiary/aromatic N) is 1. The first kappa shape index (κ1) is 11.0. The van der Waals surface area contributed by atoms with Gasteiger partial charge in [-0.2, -0.15) is 4.74 Å². The molecule has 0 radical (unpaired) electrons. The lowest BCUT2D eigenvalue weighted by molar-refractivity contribution is -0.518. The van der Waals surface area contributed by atoms with Gasteiger partial charge in [-0.1, -0.05) is 6.92 Å². The molecule has 0 aromatic heterocycles. The number of esters is 1. The van der Waals surface area contributed by atoms with Gasteiger partial charge in [0.25, 0.3) is 5.54 Å². The Morgan fingerprint density at radius 2 is 2.43 bits per heavy atom. The molecular weight excluding hydrogens is 182 g/mol. The summed E-state index contributed by atoms with van der Waals surface area (Å²) < 4.78 is 5.88. The fraction of sp³-hybridized carbons (Fsp3) is 0.800. The molecule has 1 aliphatic rings. The molecule has 0 aromatic rings. The Hall–Kier alpha value is -1.06. The van der Waals surface area contributed by atoms with Crippen LogP contribution < -0.4 is 0 Å². The summed E-state index contributed by atoms with van der Waals surface area (Å²) >= 11 is 0. The quantitative estimate of drug-likeness (QED) is 0.393. The molecule has 2 atom stereocenters. The van der Waals surface area contributed by atoms with Crippen LogP contribution in [0.4, 0.5) is 0 Å². The molecule has 0 aliphatic carbocycles. The first-order valence-corrected chi connectivity index (χ1v) is 5.01. The molecule has 1 aliphatic heterocycles. The summed E-state index contributed by atoms with van der Waals surface area (Å²) in [4.78, 5) is 11.7. The molecule has 1 rings (SSSR count). The van der Waals surface area contributed by atoms with Gasteiger partial charge in [-0.25, -0.2) is 4.79 Å². The van der Waals surface area contributed by atoms with Crippen LogP contribution >= 0.6 is 0 Å². The Labute approximate surface area is 84.1 Å². The lowest BCUT2D eigenvalue weighted by atomic mass is 10.00. The van der Waals surface area contributed by atoms with Crippen LogP contribution in [0.2, 0.25) is 0 Å². The van der Waals surface area contributed by atoms with E-state index in [9.17, 15) is 10.0 Å². The van der Waals surface area contributed by atoms with E-state index < -0.39 is 11.5 Å². The molecule has 1 heterocycles. The molecule has 0 amide bonds. The Balaban J connectivity index is 2.65. The molecule has 1 unspecified atom stereocenters. The van der Waals surface area contributed by atoms with Gasteiger partial charge in [0.2, 0.25) is 0 Å². The molecule has 0 N–H and O–H groups in total. The van der Waals surface area contributed by atoms with Crippen LogP contribution in [-0.2, 0) is 9.53 Å². The zero-order valence-corrected chi connectivity index (χ0v) is 8.95. The standard InChI is InChI=1S/C10H17NO3/c1-4-8(2)14-9(12)10(3)6-5-7-11(10)13/h7-8H,4-6H2,1-3H3/t8?,10-/m1/s1. The lowest BCUT2D eigenvalue weighted by Crippen LogP contribution is -2.43. The van der Waals surface area contributed by atoms with E-state index in [1.54, 1.807) is 6.92 Å². The molecule has 0 spiro atoms. The first-order chi connectivity index (χ1) is 6.50. The van der Waals surface area contributed by atoms with E-state index >= 15 is 0 Å². The van der Waals surface area contributed by atoms with Crippen molar-refractivity contribution in [2.45, 2.75) is 51.7 Å². The van der Waals surface area contributed by atoms with Crippen molar-refractivity contribution >= 4 is 12.2 Å². The smallest absolute Gasteiger partial charge is 0.379 e. The second kappa shape index (κ2) is 3.98. The highest BCUT2D eigenvalue weighted by atomic mass is 16.6. The fourth-order valence-electron chi connectivity index (χ4n) is 1.36. The Morgan fingerprint density at radius 3 is 2.86 bits per heavy atom. The van der Waals surface area contributed by atoms with Gasteiger partial charge in [0.15, 0.2) is 6.21 Å². The predicted octanol–water partition coefficient (Wildman–Crippen LogP) is 1.46. The van der Waals surface area contributed by atoms with E-state index in [4.69, 9.17) is 4.74 Å². The van der Waals surface area contributed by atoms with E-state index in [0.29, 0.717) is 12.8 Å². The van der Waals surface area contributed by atoms with Crippen LogP contribution in [0.15, 0.2) is 0 Å². The van der Waals surface area contributed by atoms with Gasteiger partial charge in [0.1, 0.15) is 0 Å². The highest BCUT2D eigenvalue weighted by molar-refractivity contribution is 5.81. The number of hydrogen-bond donors (Lipinski definition) is 0. The minimum Gasteiger partial charge on any atom is -0.623 e. The van der Waals surface area contributed by atoms with E-state index in [2.05, 4.69) is 0 Å². The van der Waals surface area contributed by atoms with Gasteiger partial charge < -0.3 is 9.94 Å². The maximum atomic E-state index is 11.7.